The van der Waals surface area contributed by atoms with Gasteiger partial charge in [0.2, 0.25) is 5.91 Å². The maximum atomic E-state index is 12.4. The lowest BCUT2D eigenvalue weighted by atomic mass is 9.99. The normalized spacial score (nSPS) is 15.3. The van der Waals surface area contributed by atoms with Crippen LogP contribution >= 0.6 is 11.6 Å². The zero-order valence-electron chi connectivity index (χ0n) is 15.1. The molecular formula is C19H21ClN6O. The van der Waals surface area contributed by atoms with Crippen LogP contribution in [0.3, 0.4) is 0 Å². The number of carbonyl (C=O) groups excluding carboxylic acids is 1. The molecule has 0 bridgehead atoms. The molecule has 1 N–H and O–H groups in total. The lowest BCUT2D eigenvalue weighted by Gasteiger charge is -2.31. The molecule has 1 amide bonds. The number of aromatic nitrogens is 4. The topological polar surface area (TPSA) is 75.9 Å². The molecule has 1 fully saturated rings. The maximum Gasteiger partial charge on any atom is 0.246 e. The molecular weight excluding hydrogens is 364 g/mol. The van der Waals surface area contributed by atoms with Crippen molar-refractivity contribution in [2.24, 2.45) is 5.92 Å². The fourth-order valence-corrected chi connectivity index (χ4v) is 3.56. The highest BCUT2D eigenvalue weighted by molar-refractivity contribution is 6.30. The van der Waals surface area contributed by atoms with Crippen LogP contribution in [-0.4, -0.2) is 38.7 Å². The van der Waals surface area contributed by atoms with Crippen LogP contribution in [0.2, 0.25) is 5.02 Å². The van der Waals surface area contributed by atoms with Crippen molar-refractivity contribution in [2.45, 2.75) is 26.3 Å². The van der Waals surface area contributed by atoms with Crippen LogP contribution in [0.4, 0.5) is 11.5 Å². The van der Waals surface area contributed by atoms with Crippen molar-refractivity contribution in [2.75, 3.05) is 23.3 Å². The Labute approximate surface area is 162 Å². The van der Waals surface area contributed by atoms with E-state index in [0.29, 0.717) is 16.4 Å². The first kappa shape index (κ1) is 17.7. The number of amides is 1. The van der Waals surface area contributed by atoms with Gasteiger partial charge in [-0.25, -0.2) is 14.6 Å². The Morgan fingerprint density at radius 2 is 2.11 bits per heavy atom. The number of nitrogens with one attached hydrogen (secondary N) is 1. The largest absolute Gasteiger partial charge is 0.356 e. The first-order chi connectivity index (χ1) is 13.1. The maximum absolute atomic E-state index is 12.4. The molecule has 0 spiro atoms. The summed E-state index contributed by atoms with van der Waals surface area (Å²) >= 11 is 5.96. The minimum atomic E-state index is -0.186. The number of hydrogen-bond acceptors (Lipinski definition) is 5. The summed E-state index contributed by atoms with van der Waals surface area (Å²) in [6, 6.07) is 7.05. The van der Waals surface area contributed by atoms with E-state index in [2.05, 4.69) is 32.2 Å². The lowest BCUT2D eigenvalue weighted by molar-refractivity contribution is -0.116. The number of halogens is 1. The summed E-state index contributed by atoms with van der Waals surface area (Å²) in [7, 11) is 0. The molecule has 0 radical (unpaired) electrons. The Kier molecular flexibility index (Phi) is 4.94. The first-order valence-electron chi connectivity index (χ1n) is 9.07. The van der Waals surface area contributed by atoms with E-state index < -0.39 is 0 Å². The van der Waals surface area contributed by atoms with E-state index >= 15 is 0 Å². The first-order valence-corrected chi connectivity index (χ1v) is 9.45. The van der Waals surface area contributed by atoms with Gasteiger partial charge in [0.25, 0.3) is 0 Å². The van der Waals surface area contributed by atoms with Crippen molar-refractivity contribution < 1.29 is 4.79 Å². The molecule has 4 rings (SSSR count). The number of anilines is 2. The average molecular weight is 385 g/mol. The average Bonchev–Trinajstić information content (AvgIpc) is 3.05. The third-order valence-corrected chi connectivity index (χ3v) is 5.13. The van der Waals surface area contributed by atoms with Crippen LogP contribution in [0.25, 0.3) is 11.0 Å². The van der Waals surface area contributed by atoms with Gasteiger partial charge in [-0.15, -0.1) is 0 Å². The minimum Gasteiger partial charge on any atom is -0.356 e. The van der Waals surface area contributed by atoms with Gasteiger partial charge in [0.15, 0.2) is 5.65 Å². The Morgan fingerprint density at radius 1 is 1.30 bits per heavy atom. The molecule has 2 aromatic heterocycles. The van der Waals surface area contributed by atoms with E-state index in [9.17, 15) is 4.79 Å². The lowest BCUT2D eigenvalue weighted by Crippen LogP contribution is -2.33. The van der Waals surface area contributed by atoms with Crippen molar-refractivity contribution in [1.82, 2.24) is 19.7 Å². The highest BCUT2D eigenvalue weighted by atomic mass is 35.5. The summed E-state index contributed by atoms with van der Waals surface area (Å²) in [6.07, 6.45) is 5.60. The zero-order chi connectivity index (χ0) is 18.8. The summed E-state index contributed by atoms with van der Waals surface area (Å²) in [5.41, 5.74) is 1.32. The number of benzene rings is 1. The van der Waals surface area contributed by atoms with E-state index in [-0.39, 0.29) is 12.5 Å². The van der Waals surface area contributed by atoms with Crippen LogP contribution in [0.5, 0.6) is 0 Å². The fourth-order valence-electron chi connectivity index (χ4n) is 3.37. The van der Waals surface area contributed by atoms with Gasteiger partial charge < -0.3 is 10.2 Å². The second kappa shape index (κ2) is 7.52. The summed E-state index contributed by atoms with van der Waals surface area (Å²) in [5, 5.41) is 8.65. The predicted octanol–water partition coefficient (Wildman–Crippen LogP) is 3.35. The molecule has 1 aliphatic heterocycles. The van der Waals surface area contributed by atoms with E-state index in [1.165, 1.54) is 0 Å². The molecule has 1 aromatic carbocycles. The highest BCUT2D eigenvalue weighted by Gasteiger charge is 2.21. The Hall–Kier alpha value is -2.67. The molecule has 3 aromatic rings. The predicted molar refractivity (Wildman–Crippen MR) is 106 cm³/mol. The van der Waals surface area contributed by atoms with Crippen LogP contribution < -0.4 is 10.2 Å². The van der Waals surface area contributed by atoms with Crippen molar-refractivity contribution >= 4 is 40.0 Å². The molecule has 7 nitrogen and oxygen atoms in total. The monoisotopic (exact) mass is 384 g/mol. The molecule has 27 heavy (non-hydrogen) atoms. The SMILES string of the molecule is CC1CCN(c2ncnc3c2cnn3CC(=O)Nc2cccc(Cl)c2)CC1. The molecule has 8 heteroatoms. The Morgan fingerprint density at radius 3 is 2.89 bits per heavy atom. The van der Waals surface area contributed by atoms with Gasteiger partial charge in [0.1, 0.15) is 18.7 Å². The summed E-state index contributed by atoms with van der Waals surface area (Å²) < 4.78 is 1.60. The number of carbonyl (C=O) groups is 1. The standard InChI is InChI=1S/C19H21ClN6O/c1-13-5-7-25(8-6-13)18-16-10-23-26(19(16)22-12-21-18)11-17(27)24-15-4-2-3-14(20)9-15/h2-4,9-10,12-13H,5-8,11H2,1H3,(H,24,27). The molecule has 0 unspecified atom stereocenters. The number of rotatable bonds is 4. The minimum absolute atomic E-state index is 0.0729. The molecule has 0 atom stereocenters. The van der Waals surface area contributed by atoms with Gasteiger partial charge in [0, 0.05) is 23.8 Å². The van der Waals surface area contributed by atoms with Gasteiger partial charge >= 0.3 is 0 Å². The van der Waals surface area contributed by atoms with Gasteiger partial charge in [-0.05, 0) is 37.0 Å². The number of hydrogen-bond donors (Lipinski definition) is 1. The molecule has 1 aliphatic rings. The molecule has 0 saturated carbocycles. The quantitative estimate of drug-likeness (QED) is 0.746. The van der Waals surface area contributed by atoms with Crippen molar-refractivity contribution in [3.8, 4) is 0 Å². The smallest absolute Gasteiger partial charge is 0.246 e. The molecule has 0 aliphatic carbocycles. The van der Waals surface area contributed by atoms with Crippen molar-refractivity contribution in [3.05, 3.63) is 41.8 Å². The summed E-state index contributed by atoms with van der Waals surface area (Å²) in [5.74, 6) is 1.46. The van der Waals surface area contributed by atoms with Crippen molar-refractivity contribution in [1.29, 1.82) is 0 Å². The fraction of sp³-hybridized carbons (Fsp3) is 0.368. The van der Waals surface area contributed by atoms with E-state index in [1.54, 1.807) is 41.5 Å². The van der Waals surface area contributed by atoms with Gasteiger partial charge in [-0.3, -0.25) is 4.79 Å². The number of fused-ring (bicyclic) bond motifs is 1. The Bertz CT molecular complexity index is 964. The summed E-state index contributed by atoms with van der Waals surface area (Å²) in [6.45, 7) is 4.31. The van der Waals surface area contributed by atoms with E-state index in [1.807, 2.05) is 0 Å². The highest BCUT2D eigenvalue weighted by Crippen LogP contribution is 2.27. The second-order valence-electron chi connectivity index (χ2n) is 6.96. The van der Waals surface area contributed by atoms with Gasteiger partial charge in [-0.2, -0.15) is 5.10 Å². The second-order valence-corrected chi connectivity index (χ2v) is 7.40. The zero-order valence-corrected chi connectivity index (χ0v) is 15.9. The third-order valence-electron chi connectivity index (χ3n) is 4.90. The number of piperidine rings is 1. The van der Waals surface area contributed by atoms with Crippen molar-refractivity contribution in [3.63, 3.8) is 0 Å². The van der Waals surface area contributed by atoms with E-state index in [0.717, 1.165) is 43.1 Å². The number of nitrogens with zero attached hydrogens (tertiary/aromatic N) is 5. The van der Waals surface area contributed by atoms with Gasteiger partial charge in [-0.1, -0.05) is 24.6 Å². The van der Waals surface area contributed by atoms with Crippen LogP contribution in [0, 0.1) is 5.92 Å². The molecule has 3 heterocycles. The Balaban J connectivity index is 1.53. The molecule has 140 valence electrons. The van der Waals surface area contributed by atoms with Gasteiger partial charge in [0.05, 0.1) is 11.6 Å². The van der Waals surface area contributed by atoms with Crippen LogP contribution in [-0.2, 0) is 11.3 Å². The summed E-state index contributed by atoms with van der Waals surface area (Å²) in [4.78, 5) is 23.5. The third kappa shape index (κ3) is 3.88. The van der Waals surface area contributed by atoms with E-state index in [4.69, 9.17) is 11.6 Å². The molecule has 1 saturated heterocycles. The van der Waals surface area contributed by atoms with Crippen LogP contribution in [0.1, 0.15) is 19.8 Å². The van der Waals surface area contributed by atoms with Crippen LogP contribution in [0.15, 0.2) is 36.8 Å².